The van der Waals surface area contributed by atoms with Gasteiger partial charge in [0.2, 0.25) is 0 Å². The summed E-state index contributed by atoms with van der Waals surface area (Å²) in [5.41, 5.74) is 3.27. The molecule has 158 valence electrons. The lowest BCUT2D eigenvalue weighted by Gasteiger charge is -2.13. The predicted octanol–water partition coefficient (Wildman–Crippen LogP) is 5.13. The standard InChI is InChI=1S/C23H18Cl2N2O4/c1-15(30-20-7-4-6-19(25)13-20)22(28)27-26-14-17-5-2-3-8-21(17)31-23(29)16-9-11-18(24)12-10-16/h2-15H,1H3,(H,27,28). The zero-order valence-corrected chi connectivity index (χ0v) is 17.9. The Bertz CT molecular complexity index is 1100. The van der Waals surface area contributed by atoms with E-state index in [-0.39, 0.29) is 0 Å². The normalized spacial score (nSPS) is 11.7. The number of ether oxygens (including phenoxy) is 2. The topological polar surface area (TPSA) is 77.0 Å². The first-order valence-corrected chi connectivity index (χ1v) is 10.00. The molecule has 0 aliphatic rings. The molecule has 0 bridgehead atoms. The zero-order valence-electron chi connectivity index (χ0n) is 16.4. The highest BCUT2D eigenvalue weighted by Crippen LogP contribution is 2.19. The summed E-state index contributed by atoms with van der Waals surface area (Å²) in [6.45, 7) is 1.59. The lowest BCUT2D eigenvalue weighted by molar-refractivity contribution is -0.127. The highest BCUT2D eigenvalue weighted by molar-refractivity contribution is 6.31. The van der Waals surface area contributed by atoms with Gasteiger partial charge < -0.3 is 9.47 Å². The third-order valence-corrected chi connectivity index (χ3v) is 4.55. The first-order chi connectivity index (χ1) is 14.9. The Morgan fingerprint density at radius 1 is 0.968 bits per heavy atom. The van der Waals surface area contributed by atoms with E-state index in [0.717, 1.165) is 0 Å². The van der Waals surface area contributed by atoms with Crippen molar-refractivity contribution >= 4 is 41.3 Å². The first-order valence-electron chi connectivity index (χ1n) is 9.24. The fourth-order valence-electron chi connectivity index (χ4n) is 2.48. The van der Waals surface area contributed by atoms with Gasteiger partial charge in [0.15, 0.2) is 6.10 Å². The van der Waals surface area contributed by atoms with Gasteiger partial charge in [-0.2, -0.15) is 5.10 Å². The van der Waals surface area contributed by atoms with E-state index in [1.54, 1.807) is 79.7 Å². The van der Waals surface area contributed by atoms with Crippen LogP contribution in [0.15, 0.2) is 77.9 Å². The maximum Gasteiger partial charge on any atom is 0.343 e. The molecule has 0 aliphatic carbocycles. The van der Waals surface area contributed by atoms with Crippen LogP contribution in [-0.2, 0) is 4.79 Å². The quantitative estimate of drug-likeness (QED) is 0.231. The Morgan fingerprint density at radius 3 is 2.45 bits per heavy atom. The summed E-state index contributed by atoms with van der Waals surface area (Å²) in [6, 6.07) is 19.9. The van der Waals surface area contributed by atoms with Crippen molar-refractivity contribution < 1.29 is 19.1 Å². The minimum absolute atomic E-state index is 0.295. The van der Waals surface area contributed by atoms with Gasteiger partial charge >= 0.3 is 5.97 Å². The van der Waals surface area contributed by atoms with E-state index < -0.39 is 18.0 Å². The summed E-state index contributed by atoms with van der Waals surface area (Å²) >= 11 is 11.8. The van der Waals surface area contributed by atoms with Crippen LogP contribution in [0.1, 0.15) is 22.8 Å². The number of carbonyl (C=O) groups is 2. The Labute approximate surface area is 189 Å². The second-order valence-corrected chi connectivity index (χ2v) is 7.26. The SMILES string of the molecule is CC(Oc1cccc(Cl)c1)C(=O)NN=Cc1ccccc1OC(=O)c1ccc(Cl)cc1. The molecule has 1 N–H and O–H groups in total. The fourth-order valence-corrected chi connectivity index (χ4v) is 2.79. The number of hydrogen-bond donors (Lipinski definition) is 1. The van der Waals surface area contributed by atoms with Crippen LogP contribution >= 0.6 is 23.2 Å². The molecule has 1 unspecified atom stereocenters. The Morgan fingerprint density at radius 2 is 1.71 bits per heavy atom. The minimum Gasteiger partial charge on any atom is -0.481 e. The van der Waals surface area contributed by atoms with Gasteiger partial charge in [0.25, 0.3) is 5.91 Å². The largest absolute Gasteiger partial charge is 0.481 e. The number of nitrogens with zero attached hydrogens (tertiary/aromatic N) is 1. The number of hydrazone groups is 1. The van der Waals surface area contributed by atoms with E-state index in [4.69, 9.17) is 32.7 Å². The molecule has 3 aromatic carbocycles. The van der Waals surface area contributed by atoms with Crippen LogP contribution in [0.2, 0.25) is 10.0 Å². The molecule has 8 heteroatoms. The number of hydrogen-bond acceptors (Lipinski definition) is 5. The van der Waals surface area contributed by atoms with Gasteiger partial charge in [-0.3, -0.25) is 4.79 Å². The van der Waals surface area contributed by atoms with Crippen molar-refractivity contribution in [2.75, 3.05) is 0 Å². The molecule has 0 heterocycles. The molecule has 0 saturated carbocycles. The molecule has 3 aromatic rings. The molecule has 0 radical (unpaired) electrons. The minimum atomic E-state index is -0.798. The number of para-hydroxylation sites is 1. The smallest absolute Gasteiger partial charge is 0.343 e. The molecular weight excluding hydrogens is 439 g/mol. The monoisotopic (exact) mass is 456 g/mol. The molecule has 0 aliphatic heterocycles. The van der Waals surface area contributed by atoms with Crippen molar-refractivity contribution in [2.24, 2.45) is 5.10 Å². The lowest BCUT2D eigenvalue weighted by atomic mass is 10.2. The molecule has 3 rings (SSSR count). The third kappa shape index (κ3) is 6.57. The zero-order chi connectivity index (χ0) is 22.2. The molecular formula is C23H18Cl2N2O4. The fraction of sp³-hybridized carbons (Fsp3) is 0.0870. The molecule has 0 saturated heterocycles. The molecule has 31 heavy (non-hydrogen) atoms. The van der Waals surface area contributed by atoms with E-state index >= 15 is 0 Å². The summed E-state index contributed by atoms with van der Waals surface area (Å²) in [5, 5.41) is 4.96. The Hall–Kier alpha value is -3.35. The number of carbonyl (C=O) groups excluding carboxylic acids is 2. The third-order valence-electron chi connectivity index (χ3n) is 4.06. The summed E-state index contributed by atoms with van der Waals surface area (Å²) in [5.74, 6) is -0.223. The van der Waals surface area contributed by atoms with Crippen molar-refractivity contribution in [2.45, 2.75) is 13.0 Å². The summed E-state index contributed by atoms with van der Waals surface area (Å²) in [6.07, 6.45) is 0.586. The van der Waals surface area contributed by atoms with E-state index in [2.05, 4.69) is 10.5 Å². The number of benzene rings is 3. The van der Waals surface area contributed by atoms with Crippen LogP contribution in [0.3, 0.4) is 0 Å². The maximum absolute atomic E-state index is 12.3. The molecule has 0 fully saturated rings. The highest BCUT2D eigenvalue weighted by atomic mass is 35.5. The van der Waals surface area contributed by atoms with Crippen LogP contribution < -0.4 is 14.9 Å². The van der Waals surface area contributed by atoms with Gasteiger partial charge in [-0.25, -0.2) is 10.2 Å². The van der Waals surface area contributed by atoms with E-state index in [1.165, 1.54) is 6.21 Å². The van der Waals surface area contributed by atoms with Gasteiger partial charge in [-0.1, -0.05) is 41.4 Å². The second kappa shape index (κ2) is 10.6. The van der Waals surface area contributed by atoms with Crippen LogP contribution in [0.25, 0.3) is 0 Å². The van der Waals surface area contributed by atoms with Crippen molar-refractivity contribution in [3.63, 3.8) is 0 Å². The summed E-state index contributed by atoms with van der Waals surface area (Å²) in [4.78, 5) is 24.6. The number of halogens is 2. The summed E-state index contributed by atoms with van der Waals surface area (Å²) in [7, 11) is 0. The highest BCUT2D eigenvalue weighted by Gasteiger charge is 2.14. The van der Waals surface area contributed by atoms with Crippen LogP contribution in [0.5, 0.6) is 11.5 Å². The van der Waals surface area contributed by atoms with E-state index in [0.29, 0.717) is 32.7 Å². The van der Waals surface area contributed by atoms with Gasteiger partial charge in [-0.15, -0.1) is 0 Å². The number of esters is 1. The molecule has 0 spiro atoms. The Balaban J connectivity index is 1.61. The van der Waals surface area contributed by atoms with Crippen molar-refractivity contribution in [1.29, 1.82) is 0 Å². The maximum atomic E-state index is 12.3. The average Bonchev–Trinajstić information content (AvgIpc) is 2.75. The van der Waals surface area contributed by atoms with Gasteiger partial charge in [-0.05, 0) is 61.5 Å². The van der Waals surface area contributed by atoms with Crippen molar-refractivity contribution in [3.8, 4) is 11.5 Å². The predicted molar refractivity (Wildman–Crippen MR) is 120 cm³/mol. The van der Waals surface area contributed by atoms with Crippen LogP contribution in [0, 0.1) is 0 Å². The van der Waals surface area contributed by atoms with Gasteiger partial charge in [0.05, 0.1) is 11.8 Å². The first kappa shape index (κ1) is 22.3. The van der Waals surface area contributed by atoms with Crippen LogP contribution in [-0.4, -0.2) is 24.2 Å². The number of nitrogens with one attached hydrogen (secondary N) is 1. The molecule has 1 atom stereocenters. The lowest BCUT2D eigenvalue weighted by Crippen LogP contribution is -2.33. The average molecular weight is 457 g/mol. The van der Waals surface area contributed by atoms with Crippen molar-refractivity contribution in [1.82, 2.24) is 5.43 Å². The van der Waals surface area contributed by atoms with Gasteiger partial charge in [0, 0.05) is 15.6 Å². The molecule has 6 nitrogen and oxygen atoms in total. The number of rotatable bonds is 7. The van der Waals surface area contributed by atoms with Gasteiger partial charge in [0.1, 0.15) is 11.5 Å². The van der Waals surface area contributed by atoms with Crippen LogP contribution in [0.4, 0.5) is 0 Å². The van der Waals surface area contributed by atoms with Crippen molar-refractivity contribution in [3.05, 3.63) is 94.0 Å². The van der Waals surface area contributed by atoms with E-state index in [9.17, 15) is 9.59 Å². The molecule has 1 amide bonds. The summed E-state index contributed by atoms with van der Waals surface area (Å²) < 4.78 is 11.0. The number of amides is 1. The Kier molecular flexibility index (Phi) is 7.65. The van der Waals surface area contributed by atoms with E-state index in [1.807, 2.05) is 0 Å². The second-order valence-electron chi connectivity index (χ2n) is 6.39. The molecule has 0 aromatic heterocycles.